The molecule has 84 heavy (non-hydrogen) atoms. The normalized spacial score (nSPS) is 57.7. The molecule has 7 heterocycles. The second-order valence-electron chi connectivity index (χ2n) is 26.8. The summed E-state index contributed by atoms with van der Waals surface area (Å²) in [5.74, 6) is -0.513. The van der Waals surface area contributed by atoms with Crippen LogP contribution in [0.5, 0.6) is 0 Å². The topological polar surface area (TPSA) is 414 Å². The van der Waals surface area contributed by atoms with Crippen LogP contribution in [0.25, 0.3) is 0 Å². The van der Waals surface area contributed by atoms with Gasteiger partial charge in [0.05, 0.1) is 56.9 Å². The molecule has 0 radical (unpaired) electrons. The zero-order chi connectivity index (χ0) is 60.4. The van der Waals surface area contributed by atoms with Gasteiger partial charge in [-0.15, -0.1) is 0 Å². The van der Waals surface area contributed by atoms with Crippen molar-refractivity contribution < 1.29 is 133 Å². The molecule has 3 saturated carbocycles. The van der Waals surface area contributed by atoms with Crippen molar-refractivity contribution >= 4 is 0 Å². The van der Waals surface area contributed by atoms with Crippen molar-refractivity contribution in [3.05, 3.63) is 11.6 Å². The van der Waals surface area contributed by atoms with E-state index in [4.69, 9.17) is 56.8 Å². The second-order valence-corrected chi connectivity index (χ2v) is 26.8. The summed E-state index contributed by atoms with van der Waals surface area (Å²) in [5.41, 5.74) is 0.932. The summed E-state index contributed by atoms with van der Waals surface area (Å²) >= 11 is 0. The minimum absolute atomic E-state index is 0.0233. The molecule has 4 aliphatic carbocycles. The first kappa shape index (κ1) is 64.2. The summed E-state index contributed by atoms with van der Waals surface area (Å²) < 4.78 is 73.0. The fourth-order valence-corrected chi connectivity index (χ4v) is 16.9. The van der Waals surface area contributed by atoms with Crippen molar-refractivity contribution in [2.75, 3.05) is 26.4 Å². The van der Waals surface area contributed by atoms with Crippen LogP contribution in [0.15, 0.2) is 11.6 Å². The third-order valence-electron chi connectivity index (χ3n) is 21.9. The summed E-state index contributed by atoms with van der Waals surface area (Å²) in [7, 11) is 0. The summed E-state index contributed by atoms with van der Waals surface area (Å²) in [6.45, 7) is 10.4. The Hall–Kier alpha value is -1.34. The van der Waals surface area contributed by atoms with E-state index in [1.807, 2.05) is 0 Å². The van der Waals surface area contributed by atoms with E-state index in [2.05, 4.69) is 26.8 Å². The smallest absolute Gasteiger partial charge is 0.197 e. The van der Waals surface area contributed by atoms with E-state index in [0.29, 0.717) is 37.0 Å². The number of hydrogen-bond donors (Lipinski definition) is 15. The van der Waals surface area contributed by atoms with E-state index >= 15 is 0 Å². The summed E-state index contributed by atoms with van der Waals surface area (Å²) in [4.78, 5) is 0. The first-order valence-electron chi connectivity index (χ1n) is 30.3. The van der Waals surface area contributed by atoms with Crippen LogP contribution in [-0.2, 0) is 56.8 Å². The molecule has 27 nitrogen and oxygen atoms in total. The van der Waals surface area contributed by atoms with E-state index in [9.17, 15) is 76.6 Å². The maximum Gasteiger partial charge on any atom is 0.197 e. The Morgan fingerprint density at radius 2 is 1.10 bits per heavy atom. The lowest BCUT2D eigenvalue weighted by Crippen LogP contribution is -2.65. The molecule has 0 unspecified atom stereocenters. The van der Waals surface area contributed by atoms with Gasteiger partial charge in [0.2, 0.25) is 0 Å². The fourth-order valence-electron chi connectivity index (χ4n) is 16.9. The van der Waals surface area contributed by atoms with E-state index in [1.165, 1.54) is 26.3 Å². The molecule has 15 N–H and O–H groups in total. The van der Waals surface area contributed by atoms with Gasteiger partial charge in [0.1, 0.15) is 110 Å². The van der Waals surface area contributed by atoms with Gasteiger partial charge in [-0.25, -0.2) is 0 Å². The van der Waals surface area contributed by atoms with Gasteiger partial charge in [-0.2, -0.15) is 0 Å². The molecule has 0 aromatic rings. The molecule has 0 bridgehead atoms. The molecular formula is C57H92O27. The van der Waals surface area contributed by atoms with Crippen LogP contribution in [0.1, 0.15) is 92.9 Å². The number of aliphatic hydroxyl groups excluding tert-OH is 15. The van der Waals surface area contributed by atoms with Crippen molar-refractivity contribution in [2.24, 2.45) is 46.3 Å². The molecule has 0 aromatic carbocycles. The summed E-state index contributed by atoms with van der Waals surface area (Å²) in [5, 5.41) is 161. The van der Waals surface area contributed by atoms with Gasteiger partial charge in [-0.05, 0) is 107 Å². The third kappa shape index (κ3) is 11.1. The summed E-state index contributed by atoms with van der Waals surface area (Å²) in [6.07, 6.45) is -30.5. The highest BCUT2D eigenvalue weighted by molar-refractivity contribution is 5.27. The highest BCUT2D eigenvalue weighted by Gasteiger charge is 2.71. The standard InChI is InChI=1S/C57H92O27/c1-20-34-30(84-57(20)33(59)13-24(18-75-57)17-73-51-44(69)41(66)37(62)31(16-58)80-51)15-29-27-8-7-25-14-26(9-11-55(25,5)28(27)10-12-56(29,34)6)79-54-49(83-53-46(71)40(65)36(61)22(3)77-53)42(67)38(63)32(81-54)19-74-50-47(72)43(68)48(23(4)78-50)82-52-45(70)39(64)35(60)21(2)76-52/h7,20-24,26-54,58-72H,8-19H2,1-6H3/t20-,21-,22-,23-,24+,26-,27+,28-,29-,30-,31+,32+,33-,34-,35-,36-,37+,38+,39+,40+,41-,42-,43-,44+,45+,46+,47+,48-,49+,50+,51+,52-,53-,54+,55-,56-,57-/m0/s1. The maximum absolute atomic E-state index is 11.9. The van der Waals surface area contributed by atoms with E-state index < -0.39 is 185 Å². The molecule has 7 aliphatic heterocycles. The number of rotatable bonds is 13. The van der Waals surface area contributed by atoms with Gasteiger partial charge in [0, 0.05) is 11.8 Å². The molecule has 0 aromatic heterocycles. The van der Waals surface area contributed by atoms with Gasteiger partial charge in [-0.1, -0.05) is 32.4 Å². The largest absolute Gasteiger partial charge is 0.394 e. The maximum atomic E-state index is 11.9. The Morgan fingerprint density at radius 3 is 1.75 bits per heavy atom. The van der Waals surface area contributed by atoms with Crippen LogP contribution in [0.3, 0.4) is 0 Å². The SMILES string of the molecule is C[C@@H]1O[C@@H](O[C@@H]2[C@@H](O)[C@@H](O)[C@H](OC[C@H]3O[C@@H](O[C@H]4CC[C@@]5(C)C(=CC[C@H]6[C@@H]7C[C@@H]8O[C@@]9(OC[C@@H](CO[C@@H]%10O[C@H](CO)[C@@H](O)[C@H](O)[C@H]%10O)C[C@@H]9O)[C@@H](C)[C@@H]8[C@@]7(C)CC[C@@H]65)C4)[C@H](O[C@@H]4O[C@@H](C)[C@H](O)[C@@H](O)[C@H]4O)[C@@H](O)[C@@H]3O)O[C@H]2C)[C@H](O)[C@H](O)[C@H]1O. The van der Waals surface area contributed by atoms with Gasteiger partial charge in [-0.3, -0.25) is 0 Å². The molecule has 482 valence electrons. The Labute approximate surface area is 487 Å². The van der Waals surface area contributed by atoms with Crippen molar-refractivity contribution in [3.63, 3.8) is 0 Å². The van der Waals surface area contributed by atoms with Gasteiger partial charge in [0.25, 0.3) is 0 Å². The number of fused-ring (bicyclic) bond motifs is 7. The van der Waals surface area contributed by atoms with Crippen molar-refractivity contribution in [1.29, 1.82) is 0 Å². The van der Waals surface area contributed by atoms with Gasteiger partial charge in [0.15, 0.2) is 37.2 Å². The lowest BCUT2D eigenvalue weighted by molar-refractivity contribution is -0.377. The first-order chi connectivity index (χ1) is 39.7. The minimum Gasteiger partial charge on any atom is -0.394 e. The molecular weight excluding hydrogens is 1120 g/mol. The molecule has 11 rings (SSSR count). The lowest BCUT2D eigenvalue weighted by Gasteiger charge is -2.59. The van der Waals surface area contributed by atoms with Gasteiger partial charge < -0.3 is 133 Å². The predicted octanol–water partition coefficient (Wildman–Crippen LogP) is -4.14. The van der Waals surface area contributed by atoms with Crippen LogP contribution in [0.2, 0.25) is 0 Å². The van der Waals surface area contributed by atoms with Crippen LogP contribution in [0.4, 0.5) is 0 Å². The molecule has 0 amide bonds. The number of ether oxygens (including phenoxy) is 12. The number of allylic oxidation sites excluding steroid dienone is 1. The van der Waals surface area contributed by atoms with E-state index in [1.54, 1.807) is 0 Å². The zero-order valence-corrected chi connectivity index (χ0v) is 48.3. The van der Waals surface area contributed by atoms with Crippen molar-refractivity contribution in [2.45, 2.75) is 271 Å². The molecule has 11 aliphatic rings. The van der Waals surface area contributed by atoms with E-state index in [0.717, 1.165) is 32.1 Å². The Bertz CT molecular complexity index is 2270. The quantitative estimate of drug-likeness (QED) is 0.0779. The average molecular weight is 1210 g/mol. The fraction of sp³-hybridized carbons (Fsp3) is 0.965. The molecule has 1 spiro atoms. The zero-order valence-electron chi connectivity index (χ0n) is 48.3. The minimum atomic E-state index is -1.78. The predicted molar refractivity (Wildman–Crippen MR) is 279 cm³/mol. The number of hydrogen-bond acceptors (Lipinski definition) is 27. The Morgan fingerprint density at radius 1 is 0.536 bits per heavy atom. The average Bonchev–Trinajstić information content (AvgIpc) is 1.52. The van der Waals surface area contributed by atoms with Crippen molar-refractivity contribution in [1.82, 2.24) is 0 Å². The van der Waals surface area contributed by atoms with Crippen molar-refractivity contribution in [3.8, 4) is 0 Å². The molecule has 37 atom stereocenters. The van der Waals surface area contributed by atoms with Crippen LogP contribution < -0.4 is 0 Å². The summed E-state index contributed by atoms with van der Waals surface area (Å²) in [6, 6.07) is 0. The van der Waals surface area contributed by atoms with E-state index in [-0.39, 0.29) is 47.9 Å². The third-order valence-corrected chi connectivity index (χ3v) is 21.9. The van der Waals surface area contributed by atoms with Gasteiger partial charge >= 0.3 is 0 Å². The molecule has 7 saturated heterocycles. The molecule has 27 heteroatoms. The lowest BCUT2D eigenvalue weighted by atomic mass is 9.47. The highest BCUT2D eigenvalue weighted by Crippen LogP contribution is 2.71. The highest BCUT2D eigenvalue weighted by atomic mass is 16.8. The second kappa shape index (κ2) is 24.7. The number of aliphatic hydroxyl groups is 15. The van der Waals surface area contributed by atoms with Crippen LogP contribution >= 0.6 is 0 Å². The molecule has 10 fully saturated rings. The first-order valence-corrected chi connectivity index (χ1v) is 30.3. The monoisotopic (exact) mass is 1210 g/mol. The Kier molecular flexibility index (Phi) is 18.9. The van der Waals surface area contributed by atoms with Crippen LogP contribution in [-0.4, -0.2) is 281 Å². The van der Waals surface area contributed by atoms with Crippen LogP contribution in [0, 0.1) is 46.3 Å². The Balaban J connectivity index is 0.734.